The Kier molecular flexibility index (Phi) is 5.02. The minimum absolute atomic E-state index is 0.570. The van der Waals surface area contributed by atoms with Crippen molar-refractivity contribution in [1.82, 2.24) is 9.97 Å². The predicted molar refractivity (Wildman–Crippen MR) is 86.6 cm³/mol. The zero-order chi connectivity index (χ0) is 13.1. The number of rotatable bonds is 4. The monoisotopic (exact) mass is 485 g/mol. The van der Waals surface area contributed by atoms with E-state index in [-0.39, 0.29) is 0 Å². The third-order valence-electron chi connectivity index (χ3n) is 2.15. The van der Waals surface area contributed by atoms with E-state index >= 15 is 0 Å². The quantitative estimate of drug-likeness (QED) is 0.637. The molecule has 0 spiro atoms. The summed E-state index contributed by atoms with van der Waals surface area (Å²) in [6.07, 6.45) is 2.83. The van der Waals surface area contributed by atoms with E-state index in [4.69, 9.17) is 4.42 Å². The second kappa shape index (κ2) is 6.33. The van der Waals surface area contributed by atoms with Crippen LogP contribution in [0.5, 0.6) is 0 Å². The number of nitrogens with one attached hydrogen (secondary N) is 1. The molecule has 2 aromatic heterocycles. The zero-order valence-electron chi connectivity index (χ0n) is 9.51. The molecule has 0 unspecified atom stereocenters. The summed E-state index contributed by atoms with van der Waals surface area (Å²) in [4.78, 5) is 8.75. The van der Waals surface area contributed by atoms with Crippen molar-refractivity contribution in [2.45, 2.75) is 13.3 Å². The largest absolute Gasteiger partial charge is 0.445 e. The number of anilines is 1. The summed E-state index contributed by atoms with van der Waals surface area (Å²) >= 11 is 8.89. The van der Waals surface area contributed by atoms with Gasteiger partial charge in [0, 0.05) is 18.8 Å². The van der Waals surface area contributed by atoms with Gasteiger partial charge in [0.25, 0.3) is 0 Å². The summed E-state index contributed by atoms with van der Waals surface area (Å²) < 4.78 is 8.00. The molecule has 0 radical (unpaired) electrons. The Morgan fingerprint density at radius 2 is 2.22 bits per heavy atom. The molecule has 0 bridgehead atoms. The molecule has 2 aromatic rings. The van der Waals surface area contributed by atoms with Crippen LogP contribution >= 0.6 is 54.5 Å². The first kappa shape index (κ1) is 14.3. The maximum Gasteiger partial charge on any atom is 0.197 e. The second-order valence-corrected chi connectivity index (χ2v) is 6.29. The van der Waals surface area contributed by atoms with Gasteiger partial charge in [-0.3, -0.25) is 0 Å². The molecule has 18 heavy (non-hydrogen) atoms. The molecule has 0 aliphatic heterocycles. The molecule has 2 heterocycles. The van der Waals surface area contributed by atoms with Crippen LogP contribution in [-0.2, 0) is 0 Å². The van der Waals surface area contributed by atoms with Crippen molar-refractivity contribution >= 4 is 60.3 Å². The third kappa shape index (κ3) is 3.24. The minimum atomic E-state index is 0.570. The van der Waals surface area contributed by atoms with E-state index in [1.54, 1.807) is 6.20 Å². The average molecular weight is 487 g/mol. The van der Waals surface area contributed by atoms with E-state index in [1.807, 2.05) is 6.07 Å². The molecule has 0 aromatic carbocycles. The molecule has 0 amide bonds. The number of furan rings is 1. The van der Waals surface area contributed by atoms with Gasteiger partial charge in [-0.2, -0.15) is 0 Å². The van der Waals surface area contributed by atoms with Gasteiger partial charge in [-0.15, -0.1) is 0 Å². The Balaban J connectivity index is 2.34. The van der Waals surface area contributed by atoms with Crippen LogP contribution in [0.25, 0.3) is 11.6 Å². The van der Waals surface area contributed by atoms with Crippen LogP contribution < -0.4 is 5.32 Å². The fourth-order valence-electron chi connectivity index (χ4n) is 1.31. The van der Waals surface area contributed by atoms with Gasteiger partial charge in [-0.25, -0.2) is 9.97 Å². The lowest BCUT2D eigenvalue weighted by Crippen LogP contribution is -2.05. The molecule has 4 nitrogen and oxygen atoms in total. The summed E-state index contributed by atoms with van der Waals surface area (Å²) in [5, 5.41) is 3.27. The number of halogens is 3. The van der Waals surface area contributed by atoms with Crippen LogP contribution in [0.15, 0.2) is 25.8 Å². The Morgan fingerprint density at radius 3 is 2.83 bits per heavy atom. The van der Waals surface area contributed by atoms with Gasteiger partial charge in [0.05, 0.1) is 8.04 Å². The van der Waals surface area contributed by atoms with Gasteiger partial charge in [-0.1, -0.05) is 6.92 Å². The molecule has 0 saturated heterocycles. The summed E-state index contributed by atoms with van der Waals surface area (Å²) in [5.41, 5.74) is 0. The van der Waals surface area contributed by atoms with Crippen LogP contribution in [0.4, 0.5) is 5.82 Å². The van der Waals surface area contributed by atoms with Crippen LogP contribution in [0.2, 0.25) is 0 Å². The zero-order valence-corrected chi connectivity index (χ0v) is 14.8. The van der Waals surface area contributed by atoms with E-state index in [9.17, 15) is 0 Å². The molecule has 2 rings (SSSR count). The van der Waals surface area contributed by atoms with E-state index < -0.39 is 0 Å². The van der Waals surface area contributed by atoms with Crippen molar-refractivity contribution < 1.29 is 4.42 Å². The van der Waals surface area contributed by atoms with Crippen LogP contribution in [-0.4, -0.2) is 16.5 Å². The van der Waals surface area contributed by atoms with Crippen molar-refractivity contribution in [2.24, 2.45) is 0 Å². The molecule has 0 atom stereocenters. The van der Waals surface area contributed by atoms with Crippen LogP contribution in [0, 0.1) is 3.57 Å². The Hall–Kier alpha value is -0.150. The molecule has 0 saturated carbocycles. The highest BCUT2D eigenvalue weighted by atomic mass is 127. The highest BCUT2D eigenvalue weighted by Gasteiger charge is 2.12. The summed E-state index contributed by atoms with van der Waals surface area (Å²) in [5.74, 6) is 2.04. The number of hydrogen-bond acceptors (Lipinski definition) is 4. The van der Waals surface area contributed by atoms with Gasteiger partial charge >= 0.3 is 0 Å². The first-order valence-corrected chi connectivity index (χ1v) is 8.00. The molecule has 1 N–H and O–H groups in total. The fraction of sp³-hybridized carbons (Fsp3) is 0.273. The van der Waals surface area contributed by atoms with Gasteiger partial charge in [0.15, 0.2) is 16.3 Å². The van der Waals surface area contributed by atoms with E-state index in [2.05, 4.69) is 76.7 Å². The van der Waals surface area contributed by atoms with Crippen LogP contribution in [0.1, 0.15) is 13.3 Å². The van der Waals surface area contributed by atoms with Crippen molar-refractivity contribution in [3.8, 4) is 11.6 Å². The highest BCUT2D eigenvalue weighted by Crippen LogP contribution is 2.31. The molecule has 0 fully saturated rings. The summed E-state index contributed by atoms with van der Waals surface area (Å²) in [6, 6.07) is 1.84. The molecule has 0 aliphatic carbocycles. The predicted octanol–water partition coefficient (Wildman–Crippen LogP) is 4.69. The van der Waals surface area contributed by atoms with Gasteiger partial charge < -0.3 is 9.73 Å². The lowest BCUT2D eigenvalue weighted by molar-refractivity contribution is 0.549. The standard InChI is InChI=1S/C11H10Br2IN3O/c1-2-3-15-10-7(14)5-16-11(17-10)8-4-6(12)9(13)18-8/h4-5H,2-3H2,1H3,(H,15,16,17). The Labute approximate surface area is 135 Å². The van der Waals surface area contributed by atoms with Crippen molar-refractivity contribution in [3.63, 3.8) is 0 Å². The second-order valence-electron chi connectivity index (χ2n) is 3.55. The topological polar surface area (TPSA) is 51.0 Å². The Bertz CT molecular complexity index is 540. The van der Waals surface area contributed by atoms with Crippen LogP contribution in [0.3, 0.4) is 0 Å². The maximum atomic E-state index is 5.51. The average Bonchev–Trinajstić information content (AvgIpc) is 2.69. The minimum Gasteiger partial charge on any atom is -0.445 e. The highest BCUT2D eigenvalue weighted by molar-refractivity contribution is 14.1. The summed E-state index contributed by atoms with van der Waals surface area (Å²) in [7, 11) is 0. The van der Waals surface area contributed by atoms with Gasteiger partial charge in [0.1, 0.15) is 5.82 Å². The molecule has 0 aliphatic rings. The van der Waals surface area contributed by atoms with Crippen molar-refractivity contribution in [2.75, 3.05) is 11.9 Å². The summed E-state index contributed by atoms with van der Waals surface area (Å²) in [6.45, 7) is 3.00. The fourth-order valence-corrected chi connectivity index (χ4v) is 2.34. The molecule has 7 heteroatoms. The lowest BCUT2D eigenvalue weighted by atomic mass is 10.4. The molecular formula is C11H10Br2IN3O. The van der Waals surface area contributed by atoms with E-state index in [1.165, 1.54) is 0 Å². The normalized spacial score (nSPS) is 10.7. The third-order valence-corrected chi connectivity index (χ3v) is 4.65. The van der Waals surface area contributed by atoms with E-state index in [0.29, 0.717) is 16.3 Å². The number of hydrogen-bond donors (Lipinski definition) is 1. The lowest BCUT2D eigenvalue weighted by Gasteiger charge is -2.06. The van der Waals surface area contributed by atoms with Crippen molar-refractivity contribution in [1.29, 1.82) is 0 Å². The van der Waals surface area contributed by atoms with Crippen molar-refractivity contribution in [3.05, 3.63) is 25.0 Å². The van der Waals surface area contributed by atoms with E-state index in [0.717, 1.165) is 26.8 Å². The number of aromatic nitrogens is 2. The molecule has 96 valence electrons. The van der Waals surface area contributed by atoms with Gasteiger partial charge in [0.2, 0.25) is 0 Å². The first-order valence-electron chi connectivity index (χ1n) is 5.33. The molecular weight excluding hydrogens is 477 g/mol. The number of nitrogens with zero attached hydrogens (tertiary/aromatic N) is 2. The Morgan fingerprint density at radius 1 is 1.44 bits per heavy atom. The smallest absolute Gasteiger partial charge is 0.197 e. The maximum absolute atomic E-state index is 5.51. The van der Waals surface area contributed by atoms with Gasteiger partial charge in [-0.05, 0) is 60.9 Å². The SMILES string of the molecule is CCCNc1nc(-c2cc(Br)c(Br)o2)ncc1I. The first-order chi connectivity index (χ1) is 8.61.